The predicted molar refractivity (Wildman–Crippen MR) is 106 cm³/mol. The van der Waals surface area contributed by atoms with Gasteiger partial charge in [0.2, 0.25) is 5.88 Å². The van der Waals surface area contributed by atoms with E-state index in [1.165, 1.54) is 12.1 Å². The van der Waals surface area contributed by atoms with Crippen molar-refractivity contribution in [2.24, 2.45) is 5.41 Å². The summed E-state index contributed by atoms with van der Waals surface area (Å²) < 4.78 is 23.5. The third kappa shape index (κ3) is 2.68. The molecule has 1 aliphatic heterocycles. The quantitative estimate of drug-likeness (QED) is 0.508. The molecule has 1 aromatic carbocycles. The van der Waals surface area contributed by atoms with E-state index < -0.39 is 0 Å². The van der Waals surface area contributed by atoms with Crippen molar-refractivity contribution >= 4 is 5.52 Å². The molecule has 0 bridgehead atoms. The molecule has 3 aromatic heterocycles. The first-order chi connectivity index (χ1) is 13.4. The lowest BCUT2D eigenvalue weighted by molar-refractivity contribution is 0.101. The third-order valence-electron chi connectivity index (χ3n) is 5.20. The van der Waals surface area contributed by atoms with Gasteiger partial charge >= 0.3 is 0 Å². The predicted octanol–water partition coefficient (Wildman–Crippen LogP) is 4.73. The molecule has 0 amide bonds. The second-order valence-corrected chi connectivity index (χ2v) is 8.22. The van der Waals surface area contributed by atoms with Crippen molar-refractivity contribution in [1.29, 1.82) is 0 Å². The molecule has 0 fully saturated rings. The van der Waals surface area contributed by atoms with Crippen LogP contribution in [0.3, 0.4) is 0 Å². The zero-order valence-corrected chi connectivity index (χ0v) is 16.1. The molecule has 28 heavy (non-hydrogen) atoms. The molecular formula is C22H21FN4O. The largest absolute Gasteiger partial charge is 0.477 e. The Labute approximate surface area is 162 Å². The zero-order valence-electron chi connectivity index (χ0n) is 16.1. The third-order valence-corrected chi connectivity index (χ3v) is 5.20. The minimum absolute atomic E-state index is 0.000799. The van der Waals surface area contributed by atoms with Crippen molar-refractivity contribution in [2.45, 2.75) is 27.3 Å². The Morgan fingerprint density at radius 1 is 1.14 bits per heavy atom. The first kappa shape index (κ1) is 17.0. The van der Waals surface area contributed by atoms with Crippen molar-refractivity contribution in [2.75, 3.05) is 6.61 Å². The number of rotatable bonds is 2. The molecular weight excluding hydrogens is 355 g/mol. The highest BCUT2D eigenvalue weighted by Crippen LogP contribution is 2.44. The van der Waals surface area contributed by atoms with Gasteiger partial charge in [-0.05, 0) is 54.4 Å². The lowest BCUT2D eigenvalue weighted by Crippen LogP contribution is -2.33. The molecule has 5 nitrogen and oxygen atoms in total. The maximum absolute atomic E-state index is 13.5. The van der Waals surface area contributed by atoms with Crippen LogP contribution in [0.5, 0.6) is 5.88 Å². The number of ether oxygens (including phenoxy) is 1. The van der Waals surface area contributed by atoms with Crippen molar-refractivity contribution in [1.82, 2.24) is 19.4 Å². The Bertz CT molecular complexity index is 1190. The highest BCUT2D eigenvalue weighted by molar-refractivity contribution is 5.87. The van der Waals surface area contributed by atoms with Crippen LogP contribution in [0.2, 0.25) is 0 Å². The van der Waals surface area contributed by atoms with Gasteiger partial charge in [0, 0.05) is 23.4 Å². The van der Waals surface area contributed by atoms with Crippen LogP contribution in [-0.2, 0) is 6.54 Å². The molecule has 4 aromatic rings. The minimum atomic E-state index is -0.261. The number of aryl methyl sites for hydroxylation is 1. The number of pyridine rings is 1. The van der Waals surface area contributed by atoms with E-state index in [1.54, 1.807) is 18.3 Å². The van der Waals surface area contributed by atoms with E-state index >= 15 is 0 Å². The van der Waals surface area contributed by atoms with Gasteiger partial charge in [-0.15, -0.1) is 0 Å². The fraction of sp³-hybridized carbons (Fsp3) is 0.273. The zero-order chi connectivity index (χ0) is 19.5. The van der Waals surface area contributed by atoms with Gasteiger partial charge in [-0.2, -0.15) is 10.2 Å². The fourth-order valence-corrected chi connectivity index (χ4v) is 3.80. The van der Waals surface area contributed by atoms with Gasteiger partial charge in [-0.3, -0.25) is 0 Å². The minimum Gasteiger partial charge on any atom is -0.477 e. The summed E-state index contributed by atoms with van der Waals surface area (Å²) in [5.41, 5.74) is 5.75. The van der Waals surface area contributed by atoms with Crippen LogP contribution in [0.1, 0.15) is 19.4 Å². The maximum atomic E-state index is 13.5. The number of aromatic nitrogens is 4. The van der Waals surface area contributed by atoms with E-state index in [4.69, 9.17) is 9.84 Å². The number of benzene rings is 1. The molecule has 4 heterocycles. The molecule has 0 saturated heterocycles. The normalized spacial score (nSPS) is 15.4. The molecule has 0 unspecified atom stereocenters. The van der Waals surface area contributed by atoms with Gasteiger partial charge in [0.05, 0.1) is 24.2 Å². The monoisotopic (exact) mass is 376 g/mol. The van der Waals surface area contributed by atoms with Crippen LogP contribution >= 0.6 is 0 Å². The van der Waals surface area contributed by atoms with E-state index in [2.05, 4.69) is 31.9 Å². The summed E-state index contributed by atoms with van der Waals surface area (Å²) in [5.74, 6) is 0.508. The topological polar surface area (TPSA) is 44.4 Å². The van der Waals surface area contributed by atoms with E-state index in [0.717, 1.165) is 45.9 Å². The van der Waals surface area contributed by atoms with Gasteiger partial charge in [0.25, 0.3) is 0 Å². The van der Waals surface area contributed by atoms with Crippen LogP contribution in [0, 0.1) is 18.2 Å². The van der Waals surface area contributed by atoms with Crippen molar-refractivity contribution in [3.63, 3.8) is 0 Å². The lowest BCUT2D eigenvalue weighted by atomic mass is 9.93. The Morgan fingerprint density at radius 3 is 2.71 bits per heavy atom. The Kier molecular flexibility index (Phi) is 3.59. The fourth-order valence-electron chi connectivity index (χ4n) is 3.80. The van der Waals surface area contributed by atoms with Crippen LogP contribution in [0.15, 0.2) is 48.8 Å². The van der Waals surface area contributed by atoms with Gasteiger partial charge in [0.1, 0.15) is 11.5 Å². The number of hydrogen-bond donors (Lipinski definition) is 0. The summed E-state index contributed by atoms with van der Waals surface area (Å²) in [6, 6.07) is 10.6. The average molecular weight is 376 g/mol. The highest BCUT2D eigenvalue weighted by atomic mass is 19.1. The Morgan fingerprint density at radius 2 is 1.93 bits per heavy atom. The average Bonchev–Trinajstić information content (AvgIpc) is 3.24. The first-order valence-corrected chi connectivity index (χ1v) is 9.35. The molecule has 0 N–H and O–H groups in total. The molecule has 0 radical (unpaired) electrons. The lowest BCUT2D eigenvalue weighted by Gasteiger charge is -2.30. The number of fused-ring (bicyclic) bond motifs is 2. The van der Waals surface area contributed by atoms with Crippen LogP contribution in [0.4, 0.5) is 4.39 Å². The Balaban J connectivity index is 1.78. The molecule has 0 aliphatic carbocycles. The van der Waals surface area contributed by atoms with E-state index in [9.17, 15) is 4.39 Å². The second kappa shape index (κ2) is 5.92. The molecule has 142 valence electrons. The van der Waals surface area contributed by atoms with Gasteiger partial charge in [-0.25, -0.2) is 13.6 Å². The van der Waals surface area contributed by atoms with Crippen molar-refractivity contribution in [3.8, 4) is 28.3 Å². The van der Waals surface area contributed by atoms with Crippen molar-refractivity contribution in [3.05, 3.63) is 60.2 Å². The first-order valence-electron chi connectivity index (χ1n) is 9.35. The Hall–Kier alpha value is -3.15. The summed E-state index contributed by atoms with van der Waals surface area (Å²) in [5, 5.41) is 9.20. The second-order valence-electron chi connectivity index (χ2n) is 8.22. The number of nitrogens with zero attached hydrogens (tertiary/aromatic N) is 4. The summed E-state index contributed by atoms with van der Waals surface area (Å²) in [7, 11) is 0. The standard InChI is InChI=1S/C22H21FN4O/c1-14-11-26-17(8-9-24-26)10-18(14)19-20(15-4-6-16(23)7-5-15)25-27-12-22(2,3)13-28-21(19)27/h4-11H,12-13H2,1-3H3. The molecule has 6 heteroatoms. The highest BCUT2D eigenvalue weighted by Gasteiger charge is 2.32. The smallest absolute Gasteiger partial charge is 0.220 e. The van der Waals surface area contributed by atoms with Crippen molar-refractivity contribution < 1.29 is 9.13 Å². The number of hydrogen-bond acceptors (Lipinski definition) is 3. The maximum Gasteiger partial charge on any atom is 0.220 e. The SMILES string of the molecule is Cc1cn2nccc2cc1-c1c(-c2ccc(F)cc2)nn2c1OCC(C)(C)C2. The van der Waals surface area contributed by atoms with Gasteiger partial charge in [0.15, 0.2) is 0 Å². The van der Waals surface area contributed by atoms with E-state index in [0.29, 0.717) is 6.61 Å². The van der Waals surface area contributed by atoms with Crippen LogP contribution in [0.25, 0.3) is 27.9 Å². The summed E-state index contributed by atoms with van der Waals surface area (Å²) in [4.78, 5) is 0. The van der Waals surface area contributed by atoms with E-state index in [1.807, 2.05) is 21.5 Å². The van der Waals surface area contributed by atoms with E-state index in [-0.39, 0.29) is 11.2 Å². The molecule has 0 saturated carbocycles. The molecule has 5 rings (SSSR count). The van der Waals surface area contributed by atoms with Gasteiger partial charge < -0.3 is 4.74 Å². The van der Waals surface area contributed by atoms with Crippen LogP contribution in [-0.4, -0.2) is 26.0 Å². The van der Waals surface area contributed by atoms with Crippen LogP contribution < -0.4 is 4.74 Å². The molecule has 0 spiro atoms. The summed E-state index contributed by atoms with van der Waals surface area (Å²) in [6.07, 6.45) is 3.79. The summed E-state index contributed by atoms with van der Waals surface area (Å²) >= 11 is 0. The molecule has 0 atom stereocenters. The summed E-state index contributed by atoms with van der Waals surface area (Å²) in [6.45, 7) is 7.78. The van der Waals surface area contributed by atoms with Gasteiger partial charge in [-0.1, -0.05) is 13.8 Å². The number of halogens is 1. The molecule has 1 aliphatic rings.